The topological polar surface area (TPSA) is 40.0 Å². The SMILES string of the molecule is COc1cc(/C=N\OCc2cccc3ccccc23)ccc1OC(F)F. The van der Waals surface area contributed by atoms with Crippen molar-refractivity contribution in [2.75, 3.05) is 7.11 Å². The maximum atomic E-state index is 12.3. The van der Waals surface area contributed by atoms with Gasteiger partial charge in [0.2, 0.25) is 0 Å². The Morgan fingerprint density at radius 2 is 1.81 bits per heavy atom. The molecule has 0 spiro atoms. The molecule has 0 radical (unpaired) electrons. The maximum absolute atomic E-state index is 12.3. The lowest BCUT2D eigenvalue weighted by Crippen LogP contribution is -2.03. The Kier molecular flexibility index (Phi) is 5.63. The first-order valence-electron chi connectivity index (χ1n) is 7.92. The van der Waals surface area contributed by atoms with Gasteiger partial charge in [0, 0.05) is 5.56 Å². The standard InChI is InChI=1S/C20H17F2NO3/c1-24-19-11-14(9-10-18(19)26-20(21)22)12-23-25-13-16-7-4-6-15-5-2-3-8-17(15)16/h2-12,20H,13H2,1H3/b23-12-. The highest BCUT2D eigenvalue weighted by molar-refractivity contribution is 5.85. The minimum Gasteiger partial charge on any atom is -0.493 e. The number of ether oxygens (including phenoxy) is 2. The van der Waals surface area contributed by atoms with Crippen LogP contribution in [0.25, 0.3) is 10.8 Å². The van der Waals surface area contributed by atoms with Gasteiger partial charge in [-0.1, -0.05) is 47.6 Å². The van der Waals surface area contributed by atoms with Crippen LogP contribution in [-0.4, -0.2) is 19.9 Å². The molecule has 0 saturated carbocycles. The Bertz CT molecular complexity index is 907. The first-order chi connectivity index (χ1) is 12.7. The summed E-state index contributed by atoms with van der Waals surface area (Å²) in [5.41, 5.74) is 1.67. The predicted octanol–water partition coefficient (Wildman–Crippen LogP) is 5.00. The third kappa shape index (κ3) is 4.27. The van der Waals surface area contributed by atoms with E-state index in [2.05, 4.69) is 9.89 Å². The molecule has 0 heterocycles. The highest BCUT2D eigenvalue weighted by Gasteiger charge is 2.10. The van der Waals surface area contributed by atoms with Gasteiger partial charge in [0.15, 0.2) is 11.5 Å². The fourth-order valence-corrected chi connectivity index (χ4v) is 2.58. The van der Waals surface area contributed by atoms with Crippen molar-refractivity contribution in [1.82, 2.24) is 0 Å². The van der Waals surface area contributed by atoms with E-state index < -0.39 is 6.61 Å². The van der Waals surface area contributed by atoms with E-state index in [0.29, 0.717) is 12.2 Å². The Hall–Kier alpha value is -3.15. The van der Waals surface area contributed by atoms with Gasteiger partial charge in [0.05, 0.1) is 13.3 Å². The molecule has 4 nitrogen and oxygen atoms in total. The van der Waals surface area contributed by atoms with E-state index in [1.54, 1.807) is 12.1 Å². The molecule has 3 aromatic carbocycles. The van der Waals surface area contributed by atoms with Gasteiger partial charge in [-0.05, 0) is 34.5 Å². The molecule has 0 bridgehead atoms. The van der Waals surface area contributed by atoms with Gasteiger partial charge in [-0.15, -0.1) is 0 Å². The van der Waals surface area contributed by atoms with Crippen LogP contribution in [0, 0.1) is 0 Å². The number of nitrogens with zero attached hydrogens (tertiary/aromatic N) is 1. The zero-order chi connectivity index (χ0) is 18.4. The van der Waals surface area contributed by atoms with E-state index in [9.17, 15) is 8.78 Å². The molecule has 26 heavy (non-hydrogen) atoms. The minimum atomic E-state index is -2.91. The summed E-state index contributed by atoms with van der Waals surface area (Å²) >= 11 is 0. The summed E-state index contributed by atoms with van der Waals surface area (Å²) in [5.74, 6) is 0.166. The molecule has 0 aliphatic carbocycles. The average Bonchev–Trinajstić information content (AvgIpc) is 2.66. The van der Waals surface area contributed by atoms with Gasteiger partial charge in [-0.25, -0.2) is 0 Å². The zero-order valence-corrected chi connectivity index (χ0v) is 14.1. The molecule has 134 valence electrons. The molecule has 0 N–H and O–H groups in total. The fourth-order valence-electron chi connectivity index (χ4n) is 2.58. The Balaban J connectivity index is 1.67. The number of methoxy groups -OCH3 is 1. The van der Waals surface area contributed by atoms with Crippen molar-refractivity contribution < 1.29 is 23.1 Å². The number of benzene rings is 3. The molecule has 6 heteroatoms. The molecule has 0 saturated heterocycles. The van der Waals surface area contributed by atoms with Crippen LogP contribution in [0.4, 0.5) is 8.78 Å². The van der Waals surface area contributed by atoms with Crippen LogP contribution in [0.15, 0.2) is 65.8 Å². The van der Waals surface area contributed by atoms with Crippen molar-refractivity contribution in [1.29, 1.82) is 0 Å². The number of hydrogen-bond acceptors (Lipinski definition) is 4. The van der Waals surface area contributed by atoms with Crippen molar-refractivity contribution in [3.8, 4) is 11.5 Å². The number of hydrogen-bond donors (Lipinski definition) is 0. The van der Waals surface area contributed by atoms with Gasteiger partial charge in [-0.2, -0.15) is 8.78 Å². The van der Waals surface area contributed by atoms with Crippen molar-refractivity contribution >= 4 is 17.0 Å². The molecular formula is C20H17F2NO3. The quantitative estimate of drug-likeness (QED) is 0.441. The molecular weight excluding hydrogens is 340 g/mol. The summed E-state index contributed by atoms with van der Waals surface area (Å²) in [7, 11) is 1.38. The Labute approximate surface area is 149 Å². The third-order valence-corrected chi connectivity index (χ3v) is 3.78. The van der Waals surface area contributed by atoms with Gasteiger partial charge in [-0.3, -0.25) is 0 Å². The smallest absolute Gasteiger partial charge is 0.387 e. The van der Waals surface area contributed by atoms with Crippen molar-refractivity contribution in [2.24, 2.45) is 5.16 Å². The van der Waals surface area contributed by atoms with Crippen LogP contribution in [-0.2, 0) is 11.4 Å². The van der Waals surface area contributed by atoms with Crippen molar-refractivity contribution in [3.63, 3.8) is 0 Å². The molecule has 0 unspecified atom stereocenters. The van der Waals surface area contributed by atoms with Crippen molar-refractivity contribution in [2.45, 2.75) is 13.2 Å². The van der Waals surface area contributed by atoms with E-state index in [0.717, 1.165) is 16.3 Å². The largest absolute Gasteiger partial charge is 0.493 e. The molecule has 0 aliphatic heterocycles. The lowest BCUT2D eigenvalue weighted by Gasteiger charge is -2.10. The normalized spacial score (nSPS) is 11.2. The molecule has 0 amide bonds. The van der Waals surface area contributed by atoms with E-state index in [-0.39, 0.29) is 11.5 Å². The van der Waals surface area contributed by atoms with Crippen LogP contribution >= 0.6 is 0 Å². The molecule has 3 rings (SSSR count). The van der Waals surface area contributed by atoms with Gasteiger partial charge in [0.25, 0.3) is 0 Å². The number of halogens is 2. The van der Waals surface area contributed by atoms with E-state index in [1.807, 2.05) is 42.5 Å². The summed E-state index contributed by atoms with van der Waals surface area (Å²) in [6.07, 6.45) is 1.49. The van der Waals surface area contributed by atoms with E-state index in [4.69, 9.17) is 9.57 Å². The highest BCUT2D eigenvalue weighted by Crippen LogP contribution is 2.29. The lowest BCUT2D eigenvalue weighted by molar-refractivity contribution is -0.0512. The van der Waals surface area contributed by atoms with Gasteiger partial charge >= 0.3 is 6.61 Å². The number of alkyl halides is 2. The first kappa shape index (κ1) is 17.7. The zero-order valence-electron chi connectivity index (χ0n) is 14.1. The molecule has 0 atom stereocenters. The Morgan fingerprint density at radius 3 is 2.62 bits per heavy atom. The van der Waals surface area contributed by atoms with Gasteiger partial charge in [0.1, 0.15) is 6.61 Å². The van der Waals surface area contributed by atoms with E-state index in [1.165, 1.54) is 19.4 Å². The second-order valence-electron chi connectivity index (χ2n) is 5.44. The Morgan fingerprint density at radius 1 is 1.00 bits per heavy atom. The second kappa shape index (κ2) is 8.29. The summed E-state index contributed by atoms with van der Waals surface area (Å²) in [4.78, 5) is 5.38. The first-order valence-corrected chi connectivity index (χ1v) is 7.92. The maximum Gasteiger partial charge on any atom is 0.387 e. The average molecular weight is 357 g/mol. The number of fused-ring (bicyclic) bond motifs is 1. The second-order valence-corrected chi connectivity index (χ2v) is 5.44. The lowest BCUT2D eigenvalue weighted by atomic mass is 10.1. The molecule has 0 aromatic heterocycles. The van der Waals surface area contributed by atoms with Crippen LogP contribution < -0.4 is 9.47 Å². The number of rotatable bonds is 7. The summed E-state index contributed by atoms with van der Waals surface area (Å²) in [5, 5.41) is 6.19. The monoisotopic (exact) mass is 357 g/mol. The van der Waals surface area contributed by atoms with Crippen LogP contribution in [0.2, 0.25) is 0 Å². The van der Waals surface area contributed by atoms with E-state index >= 15 is 0 Å². The predicted molar refractivity (Wildman–Crippen MR) is 96.0 cm³/mol. The summed E-state index contributed by atoms with van der Waals surface area (Å²) in [6.45, 7) is -2.59. The molecule has 0 aliphatic rings. The summed E-state index contributed by atoms with van der Waals surface area (Å²) in [6, 6.07) is 18.6. The van der Waals surface area contributed by atoms with Crippen LogP contribution in [0.1, 0.15) is 11.1 Å². The van der Waals surface area contributed by atoms with Crippen LogP contribution in [0.3, 0.4) is 0 Å². The van der Waals surface area contributed by atoms with Crippen LogP contribution in [0.5, 0.6) is 11.5 Å². The third-order valence-electron chi connectivity index (χ3n) is 3.78. The van der Waals surface area contributed by atoms with Gasteiger partial charge < -0.3 is 14.3 Å². The minimum absolute atomic E-state index is 0.0312. The fraction of sp³-hybridized carbons (Fsp3) is 0.150. The highest BCUT2D eigenvalue weighted by atomic mass is 19.3. The number of oxime groups is 1. The molecule has 0 fully saturated rings. The molecule has 3 aromatic rings. The summed E-state index contributed by atoms with van der Waals surface area (Å²) < 4.78 is 34.1. The van der Waals surface area contributed by atoms with Crippen molar-refractivity contribution in [3.05, 3.63) is 71.8 Å².